The zero-order valence-electron chi connectivity index (χ0n) is 24.3. The molecule has 3 aromatic heterocycles. The van der Waals surface area contributed by atoms with Crippen molar-refractivity contribution >= 4 is 75.5 Å². The number of halogens is 2. The molecule has 12 heteroatoms. The van der Waals surface area contributed by atoms with Crippen LogP contribution in [0.25, 0.3) is 22.0 Å². The number of carbonyl (C=O) groups is 3. The molecule has 1 aromatic carbocycles. The average molecular weight is 759 g/mol. The number of hydrogen-bond acceptors (Lipinski definition) is 7. The molecule has 1 aliphatic heterocycles. The molecule has 0 saturated carbocycles. The first-order valence-corrected chi connectivity index (χ1v) is 17.3. The van der Waals surface area contributed by atoms with Gasteiger partial charge in [0.1, 0.15) is 28.7 Å². The molecule has 0 radical (unpaired) electrons. The Labute approximate surface area is 267 Å². The van der Waals surface area contributed by atoms with E-state index in [1.807, 2.05) is 38.1 Å². The lowest BCUT2D eigenvalue weighted by atomic mass is 10.00. The summed E-state index contributed by atoms with van der Waals surface area (Å²) in [6, 6.07) is 10.5. The number of anilines is 1. The third-order valence-corrected chi connectivity index (χ3v) is 10.9. The molecule has 4 heterocycles. The number of hydrogen-bond donors (Lipinski definition) is 2. The van der Waals surface area contributed by atoms with Gasteiger partial charge in [-0.25, -0.2) is 4.98 Å². The number of aliphatic hydroxyl groups is 1. The summed E-state index contributed by atoms with van der Waals surface area (Å²) in [4.78, 5) is 50.7. The number of rotatable bonds is 8. The molecule has 1 fully saturated rings. The third kappa shape index (κ3) is 6.18. The van der Waals surface area contributed by atoms with Gasteiger partial charge in [-0.3, -0.25) is 24.0 Å². The predicted octanol–water partition coefficient (Wildman–Crippen LogP) is 5.17. The van der Waals surface area contributed by atoms with Crippen molar-refractivity contribution in [2.75, 3.05) is 5.32 Å². The Morgan fingerprint density at radius 3 is 2.56 bits per heavy atom. The number of alkyl halides is 1. The monoisotopic (exact) mass is 758 g/mol. The minimum Gasteiger partial charge on any atom is -0.390 e. The first-order valence-electron chi connectivity index (χ1n) is 13.7. The number of carbonyl (C=O) groups excluding carboxylic acids is 3. The third-order valence-electron chi connectivity index (χ3n) is 7.69. The smallest absolute Gasteiger partial charge is 0.248 e. The standard InChI is InChI=1S/C31H32BrIN6O4/c1-16-6-9-25(32)35-30(16)36-31(43)24-11-18(3)29(33-5)39(24)26(42)14-38-28-17(2)10-21(12-23(28)27(37-38)19(4)41)20-7-8-22(15-40)34-13-20/h6-10,12-13,18,24,29,40H,5,11,14-15H2,1-4H3,(H,35,36,43)/t18-,24-,29-/m0/s1. The Kier molecular flexibility index (Phi) is 9.18. The van der Waals surface area contributed by atoms with E-state index in [0.29, 0.717) is 33.4 Å². The van der Waals surface area contributed by atoms with Gasteiger partial charge in [-0.1, -0.05) is 23.6 Å². The summed E-state index contributed by atoms with van der Waals surface area (Å²) < 4.78 is 6.25. The van der Waals surface area contributed by atoms with E-state index in [0.717, 1.165) is 22.3 Å². The molecule has 2 N–H and O–H groups in total. The van der Waals surface area contributed by atoms with Gasteiger partial charge < -0.3 is 15.3 Å². The van der Waals surface area contributed by atoms with Gasteiger partial charge in [-0.15, -0.1) is 20.7 Å². The molecule has 2 amide bonds. The quantitative estimate of drug-likeness (QED) is 0.0834. The van der Waals surface area contributed by atoms with E-state index in [9.17, 15) is 19.5 Å². The largest absolute Gasteiger partial charge is 0.390 e. The Morgan fingerprint density at radius 1 is 1.14 bits per heavy atom. The fourth-order valence-corrected chi connectivity index (χ4v) is 8.19. The zero-order valence-corrected chi connectivity index (χ0v) is 28.0. The highest BCUT2D eigenvalue weighted by molar-refractivity contribution is 14.2. The highest BCUT2D eigenvalue weighted by atomic mass is 127. The van der Waals surface area contributed by atoms with Crippen LogP contribution in [-0.2, 0) is 22.7 Å². The first-order chi connectivity index (χ1) is 20.5. The number of aliphatic hydroxyl groups excluding tert-OH is 1. The summed E-state index contributed by atoms with van der Waals surface area (Å²) in [7, 11) is 0. The van der Waals surface area contributed by atoms with Gasteiger partial charge >= 0.3 is 0 Å². The number of likely N-dealkylation sites (tertiary alicyclic amines) is 1. The van der Waals surface area contributed by atoms with Crippen LogP contribution in [0.5, 0.6) is 0 Å². The van der Waals surface area contributed by atoms with Crippen LogP contribution in [-0.4, -0.2) is 62.0 Å². The fraction of sp³-hybridized carbons (Fsp3) is 0.323. The number of ketones is 1. The Hall–Kier alpha value is -3.36. The van der Waals surface area contributed by atoms with Crippen LogP contribution < -0.4 is 5.32 Å². The number of pyridine rings is 2. The molecular formula is C31H32BrIN6O4. The number of fused-ring (bicyclic) bond motifs is 1. The zero-order chi connectivity index (χ0) is 31.0. The molecule has 4 aromatic rings. The maximum absolute atomic E-state index is 14.0. The number of nitrogens with zero attached hydrogens (tertiary/aromatic N) is 5. The maximum atomic E-state index is 14.0. The second-order valence-electron chi connectivity index (χ2n) is 10.8. The van der Waals surface area contributed by atoms with Crippen LogP contribution in [0.1, 0.15) is 47.6 Å². The highest BCUT2D eigenvalue weighted by Gasteiger charge is 2.44. The van der Waals surface area contributed by atoms with Crippen molar-refractivity contribution in [3.63, 3.8) is 0 Å². The maximum Gasteiger partial charge on any atom is 0.248 e. The summed E-state index contributed by atoms with van der Waals surface area (Å²) in [5.74, 6) is -0.191. The van der Waals surface area contributed by atoms with Crippen LogP contribution in [0.15, 0.2) is 47.2 Å². The fourth-order valence-electron chi connectivity index (χ4n) is 5.59. The van der Waals surface area contributed by atoms with Crippen LogP contribution in [0.2, 0.25) is 0 Å². The van der Waals surface area contributed by atoms with Gasteiger partial charge in [0.15, 0.2) is 5.78 Å². The first kappa shape index (κ1) is 31.1. The Morgan fingerprint density at radius 2 is 1.91 bits per heavy atom. The number of Topliss-reactive ketones (excluding diaryl/α,β-unsaturated/α-hetero) is 1. The van der Waals surface area contributed by atoms with E-state index < -0.39 is 26.8 Å². The minimum absolute atomic E-state index is 0.110. The van der Waals surface area contributed by atoms with Crippen molar-refractivity contribution in [2.24, 2.45) is 5.92 Å². The lowest BCUT2D eigenvalue weighted by Crippen LogP contribution is -2.47. The van der Waals surface area contributed by atoms with E-state index in [1.54, 1.807) is 27.9 Å². The molecule has 0 aliphatic carbocycles. The number of aryl methyl sites for hydroxylation is 2. The second kappa shape index (κ2) is 12.7. The average Bonchev–Trinajstić information content (AvgIpc) is 3.52. The van der Waals surface area contributed by atoms with E-state index in [4.69, 9.17) is 0 Å². The molecule has 1 saturated heterocycles. The second-order valence-corrected chi connectivity index (χ2v) is 13.8. The summed E-state index contributed by atoms with van der Waals surface area (Å²) in [5, 5.41) is 17.5. The summed E-state index contributed by atoms with van der Waals surface area (Å²) in [6.45, 7) is 7.02. The number of amides is 2. The summed E-state index contributed by atoms with van der Waals surface area (Å²) in [6.07, 6.45) is 2.20. The van der Waals surface area contributed by atoms with Crippen molar-refractivity contribution < 1.29 is 19.5 Å². The van der Waals surface area contributed by atoms with Gasteiger partial charge in [-0.2, -0.15) is 5.10 Å². The molecule has 10 nitrogen and oxygen atoms in total. The molecule has 0 spiro atoms. The van der Waals surface area contributed by atoms with Gasteiger partial charge in [0.25, 0.3) is 0 Å². The van der Waals surface area contributed by atoms with Crippen LogP contribution in [0.3, 0.4) is 0 Å². The van der Waals surface area contributed by atoms with Gasteiger partial charge in [0.2, 0.25) is 11.8 Å². The van der Waals surface area contributed by atoms with Crippen molar-refractivity contribution in [3.05, 3.63) is 69.7 Å². The van der Waals surface area contributed by atoms with Crippen molar-refractivity contribution in [2.45, 2.75) is 57.4 Å². The topological polar surface area (TPSA) is 130 Å². The number of benzene rings is 1. The van der Waals surface area contributed by atoms with Gasteiger partial charge in [0, 0.05) is 24.1 Å². The van der Waals surface area contributed by atoms with E-state index in [2.05, 4.69) is 47.8 Å². The lowest BCUT2D eigenvalue weighted by Gasteiger charge is -2.28. The minimum atomic E-state index is -0.676. The number of aromatic nitrogens is 4. The van der Waals surface area contributed by atoms with Gasteiger partial charge in [-0.05, 0) is 83.1 Å². The van der Waals surface area contributed by atoms with Crippen LogP contribution in [0.4, 0.5) is 5.82 Å². The van der Waals surface area contributed by atoms with Crippen LogP contribution >= 0.6 is 36.7 Å². The highest BCUT2D eigenvalue weighted by Crippen LogP contribution is 2.37. The van der Waals surface area contributed by atoms with E-state index in [-0.39, 0.29) is 46.4 Å². The van der Waals surface area contributed by atoms with Crippen molar-refractivity contribution in [3.8, 4) is 11.1 Å². The summed E-state index contributed by atoms with van der Waals surface area (Å²) >= 11 is 2.71. The number of nitrogens with one attached hydrogen (secondary N) is 1. The normalized spacial score (nSPS) is 18.3. The molecule has 0 bridgehead atoms. The predicted molar refractivity (Wildman–Crippen MR) is 178 cm³/mol. The molecule has 224 valence electrons. The SMILES string of the molecule is C=I[C@@H]1[C@@H](C)C[C@@H](C(=O)Nc2nc(Br)ccc2C)N1C(=O)Cn1nc(C(C)=O)c2cc(-c3ccc(CO)nc3)cc(C)c21. The molecule has 43 heavy (non-hydrogen) atoms. The molecule has 5 rings (SSSR count). The molecular weight excluding hydrogens is 727 g/mol. The van der Waals surface area contributed by atoms with Crippen molar-refractivity contribution in [1.29, 1.82) is 0 Å². The van der Waals surface area contributed by atoms with Crippen molar-refractivity contribution in [1.82, 2.24) is 24.6 Å². The van der Waals surface area contributed by atoms with Gasteiger partial charge in [0.05, 0.1) is 21.9 Å². The summed E-state index contributed by atoms with van der Waals surface area (Å²) in [5.41, 5.74) is 4.85. The Balaban J connectivity index is 1.49. The lowest BCUT2D eigenvalue weighted by molar-refractivity contribution is -0.137. The molecule has 0 unspecified atom stereocenters. The Bertz CT molecular complexity index is 1760. The van der Waals surface area contributed by atoms with E-state index >= 15 is 0 Å². The van der Waals surface area contributed by atoms with Crippen LogP contribution in [0, 0.1) is 19.8 Å². The van der Waals surface area contributed by atoms with E-state index in [1.165, 1.54) is 6.92 Å². The molecule has 3 atom stereocenters. The molecule has 1 aliphatic rings.